The summed E-state index contributed by atoms with van der Waals surface area (Å²) in [6.45, 7) is 3.39. The van der Waals surface area contributed by atoms with Crippen molar-refractivity contribution < 1.29 is 14.7 Å². The van der Waals surface area contributed by atoms with Crippen LogP contribution in [0.4, 0.5) is 4.79 Å². The molecule has 0 saturated carbocycles. The highest BCUT2D eigenvalue weighted by atomic mass is 32.2. The molecule has 16 heavy (non-hydrogen) atoms. The number of carbonyl (C=O) groups excluding carboxylic acids is 1. The van der Waals surface area contributed by atoms with Gasteiger partial charge in [-0.2, -0.15) is 11.8 Å². The third-order valence-electron chi connectivity index (χ3n) is 2.57. The van der Waals surface area contributed by atoms with Crippen molar-refractivity contribution in [3.63, 3.8) is 0 Å². The fourth-order valence-electron chi connectivity index (χ4n) is 1.52. The minimum absolute atomic E-state index is 0.148. The first-order valence-corrected chi connectivity index (χ1v) is 6.68. The predicted octanol–water partition coefficient (Wildman–Crippen LogP) is 0.712. The Labute approximate surface area is 99.6 Å². The van der Waals surface area contributed by atoms with Crippen LogP contribution in [0.3, 0.4) is 0 Å². The summed E-state index contributed by atoms with van der Waals surface area (Å²) in [5.74, 6) is 0.252. The lowest BCUT2D eigenvalue weighted by Crippen LogP contribution is -2.56. The van der Waals surface area contributed by atoms with E-state index in [-0.39, 0.29) is 11.9 Å². The summed E-state index contributed by atoms with van der Waals surface area (Å²) >= 11 is 1.75. The summed E-state index contributed by atoms with van der Waals surface area (Å²) in [5, 5.41) is 11.5. The predicted molar refractivity (Wildman–Crippen MR) is 63.6 cm³/mol. The van der Waals surface area contributed by atoms with Gasteiger partial charge >= 0.3 is 12.0 Å². The molecule has 0 bridgehead atoms. The summed E-state index contributed by atoms with van der Waals surface area (Å²) in [6, 6.07) is -0.148. The number of hydrogen-bond donors (Lipinski definition) is 2. The summed E-state index contributed by atoms with van der Waals surface area (Å²) in [5.41, 5.74) is 0. The molecular weight excluding hydrogens is 228 g/mol. The maximum atomic E-state index is 11.5. The van der Waals surface area contributed by atoms with Gasteiger partial charge in [0.2, 0.25) is 0 Å². The van der Waals surface area contributed by atoms with E-state index in [0.29, 0.717) is 25.6 Å². The van der Waals surface area contributed by atoms with Crippen LogP contribution < -0.4 is 5.32 Å². The second-order valence-electron chi connectivity index (χ2n) is 4.19. The van der Waals surface area contributed by atoms with Gasteiger partial charge in [0, 0.05) is 19.6 Å². The zero-order valence-electron chi connectivity index (χ0n) is 9.60. The van der Waals surface area contributed by atoms with Gasteiger partial charge in [0.15, 0.2) is 0 Å². The normalized spacial score (nSPS) is 17.8. The van der Waals surface area contributed by atoms with Gasteiger partial charge in [-0.1, -0.05) is 6.92 Å². The van der Waals surface area contributed by atoms with E-state index >= 15 is 0 Å². The number of rotatable bonds is 5. The largest absolute Gasteiger partial charge is 0.481 e. The minimum Gasteiger partial charge on any atom is -0.481 e. The lowest BCUT2D eigenvalue weighted by Gasteiger charge is -2.36. The minimum atomic E-state index is -0.820. The van der Waals surface area contributed by atoms with E-state index in [1.54, 1.807) is 11.8 Å². The molecule has 1 aliphatic heterocycles. The number of urea groups is 1. The zero-order valence-corrected chi connectivity index (χ0v) is 10.4. The van der Waals surface area contributed by atoms with E-state index in [2.05, 4.69) is 12.2 Å². The standard InChI is InChI=1S/C10H18N2O3S/c1-7(6-16-2)3-11-10(15)12-4-8(5-12)9(13)14/h7-8H,3-6H2,1-2H3,(H,11,15)(H,13,14). The van der Waals surface area contributed by atoms with Gasteiger partial charge in [0.1, 0.15) is 0 Å². The van der Waals surface area contributed by atoms with Gasteiger partial charge in [-0.3, -0.25) is 4.79 Å². The van der Waals surface area contributed by atoms with Gasteiger partial charge in [-0.25, -0.2) is 4.79 Å². The first-order valence-electron chi connectivity index (χ1n) is 5.29. The topological polar surface area (TPSA) is 69.6 Å². The Morgan fingerprint density at radius 2 is 2.19 bits per heavy atom. The van der Waals surface area contributed by atoms with Crippen molar-refractivity contribution in [3.8, 4) is 0 Å². The zero-order chi connectivity index (χ0) is 12.1. The number of nitrogens with zero attached hydrogens (tertiary/aromatic N) is 1. The molecule has 0 spiro atoms. The summed E-state index contributed by atoms with van der Waals surface area (Å²) in [6.07, 6.45) is 2.03. The van der Waals surface area contributed by atoms with Crippen LogP contribution in [-0.4, -0.2) is 53.6 Å². The molecule has 1 fully saturated rings. The fourth-order valence-corrected chi connectivity index (χ4v) is 2.20. The Hall–Kier alpha value is -0.910. The summed E-state index contributed by atoms with van der Waals surface area (Å²) < 4.78 is 0. The van der Waals surface area contributed by atoms with Crippen LogP contribution in [0.2, 0.25) is 0 Å². The van der Waals surface area contributed by atoms with E-state index in [1.165, 1.54) is 4.90 Å². The fraction of sp³-hybridized carbons (Fsp3) is 0.800. The molecule has 2 N–H and O–H groups in total. The average Bonchev–Trinajstić information content (AvgIpc) is 2.12. The average molecular weight is 246 g/mol. The van der Waals surface area contributed by atoms with Crippen LogP contribution >= 0.6 is 11.8 Å². The van der Waals surface area contributed by atoms with E-state index < -0.39 is 5.97 Å². The van der Waals surface area contributed by atoms with Crippen LogP contribution in [-0.2, 0) is 4.79 Å². The maximum Gasteiger partial charge on any atom is 0.317 e. The maximum absolute atomic E-state index is 11.5. The number of hydrogen-bond acceptors (Lipinski definition) is 3. The van der Waals surface area contributed by atoms with Crippen LogP contribution in [0.1, 0.15) is 6.92 Å². The second kappa shape index (κ2) is 5.98. The highest BCUT2D eigenvalue weighted by molar-refractivity contribution is 7.98. The van der Waals surface area contributed by atoms with Crippen molar-refractivity contribution in [2.45, 2.75) is 6.92 Å². The first kappa shape index (κ1) is 13.2. The quantitative estimate of drug-likeness (QED) is 0.749. The lowest BCUT2D eigenvalue weighted by molar-refractivity contribution is -0.146. The van der Waals surface area contributed by atoms with Crippen LogP contribution in [0, 0.1) is 11.8 Å². The van der Waals surface area contributed by atoms with E-state index in [0.717, 1.165) is 5.75 Å². The number of aliphatic carboxylic acids is 1. The summed E-state index contributed by atoms with van der Waals surface area (Å²) in [4.78, 5) is 23.6. The highest BCUT2D eigenvalue weighted by Crippen LogP contribution is 2.15. The Bertz CT molecular complexity index is 267. The third kappa shape index (κ3) is 3.59. The number of thioether (sulfide) groups is 1. The number of nitrogens with one attached hydrogen (secondary N) is 1. The first-order chi connectivity index (χ1) is 7.54. The van der Waals surface area contributed by atoms with Gasteiger partial charge in [0.25, 0.3) is 0 Å². The Kier molecular flexibility index (Phi) is 4.92. The molecule has 1 atom stereocenters. The molecular formula is C10H18N2O3S. The van der Waals surface area contributed by atoms with Crippen molar-refractivity contribution in [1.82, 2.24) is 10.2 Å². The smallest absolute Gasteiger partial charge is 0.317 e. The van der Waals surface area contributed by atoms with Crippen molar-refractivity contribution in [2.24, 2.45) is 11.8 Å². The van der Waals surface area contributed by atoms with Crippen molar-refractivity contribution in [1.29, 1.82) is 0 Å². The number of likely N-dealkylation sites (tertiary alicyclic amines) is 1. The molecule has 1 heterocycles. The molecule has 0 radical (unpaired) electrons. The monoisotopic (exact) mass is 246 g/mol. The summed E-state index contributed by atoms with van der Waals surface area (Å²) in [7, 11) is 0. The molecule has 92 valence electrons. The van der Waals surface area contributed by atoms with Gasteiger partial charge < -0.3 is 15.3 Å². The van der Waals surface area contributed by atoms with Gasteiger partial charge in [0.05, 0.1) is 5.92 Å². The second-order valence-corrected chi connectivity index (χ2v) is 5.10. The number of carbonyl (C=O) groups is 2. The molecule has 1 unspecified atom stereocenters. The van der Waals surface area contributed by atoms with Crippen molar-refractivity contribution in [3.05, 3.63) is 0 Å². The lowest BCUT2D eigenvalue weighted by atomic mass is 10.0. The van der Waals surface area contributed by atoms with Crippen molar-refractivity contribution in [2.75, 3.05) is 31.6 Å². The number of carboxylic acid groups (broad SMARTS) is 1. The van der Waals surface area contributed by atoms with Gasteiger partial charge in [-0.05, 0) is 17.9 Å². The SMILES string of the molecule is CSCC(C)CNC(=O)N1CC(C(=O)O)C1. The Balaban J connectivity index is 2.15. The number of amides is 2. The molecule has 1 saturated heterocycles. The van der Waals surface area contributed by atoms with E-state index in [9.17, 15) is 9.59 Å². The van der Waals surface area contributed by atoms with Crippen LogP contribution in [0.5, 0.6) is 0 Å². The molecule has 1 rings (SSSR count). The molecule has 0 aromatic heterocycles. The molecule has 5 nitrogen and oxygen atoms in total. The Morgan fingerprint density at radius 1 is 1.56 bits per heavy atom. The molecule has 0 aliphatic carbocycles. The Morgan fingerprint density at radius 3 is 2.69 bits per heavy atom. The van der Waals surface area contributed by atoms with E-state index in [4.69, 9.17) is 5.11 Å². The molecule has 2 amide bonds. The molecule has 6 heteroatoms. The van der Waals surface area contributed by atoms with Crippen LogP contribution in [0.25, 0.3) is 0 Å². The number of carboxylic acids is 1. The molecule has 0 aromatic carbocycles. The van der Waals surface area contributed by atoms with Crippen molar-refractivity contribution >= 4 is 23.8 Å². The van der Waals surface area contributed by atoms with Crippen LogP contribution in [0.15, 0.2) is 0 Å². The van der Waals surface area contributed by atoms with E-state index in [1.807, 2.05) is 6.26 Å². The molecule has 1 aliphatic rings. The highest BCUT2D eigenvalue weighted by Gasteiger charge is 2.35. The van der Waals surface area contributed by atoms with Gasteiger partial charge in [-0.15, -0.1) is 0 Å². The molecule has 0 aromatic rings. The third-order valence-corrected chi connectivity index (χ3v) is 3.47.